The molecule has 0 aromatic heterocycles. The molecule has 0 spiro atoms. The first-order valence-corrected chi connectivity index (χ1v) is 12.0. The zero-order chi connectivity index (χ0) is 21.2. The largest absolute Gasteiger partial charge is 0.385 e. The van der Waals surface area contributed by atoms with E-state index in [1.165, 1.54) is 0 Å². The molecule has 1 heterocycles. The highest BCUT2D eigenvalue weighted by Crippen LogP contribution is 2.44. The Hall–Kier alpha value is -2.47. The highest BCUT2D eigenvalue weighted by molar-refractivity contribution is 7.91. The lowest BCUT2D eigenvalue weighted by Gasteiger charge is -2.53. The minimum atomic E-state index is -3.49. The molecular weight excluding hydrogens is 394 g/mol. The monoisotopic (exact) mass is 421 g/mol. The van der Waals surface area contributed by atoms with E-state index < -0.39 is 20.7 Å². The first-order chi connectivity index (χ1) is 14.4. The fourth-order valence-electron chi connectivity index (χ4n) is 4.54. The van der Waals surface area contributed by atoms with Gasteiger partial charge in [0.2, 0.25) is 0 Å². The van der Waals surface area contributed by atoms with Crippen molar-refractivity contribution in [3.63, 3.8) is 0 Å². The van der Waals surface area contributed by atoms with E-state index in [1.54, 1.807) is 19.1 Å². The minimum Gasteiger partial charge on any atom is -0.385 e. The number of benzene rings is 3. The summed E-state index contributed by atoms with van der Waals surface area (Å²) in [4.78, 5) is 2.16. The van der Waals surface area contributed by atoms with Gasteiger partial charge in [0.05, 0.1) is 6.04 Å². The van der Waals surface area contributed by atoms with Gasteiger partial charge in [-0.15, -0.1) is 0 Å². The van der Waals surface area contributed by atoms with E-state index in [4.69, 9.17) is 0 Å². The number of nitrogens with zero attached hydrogens (tertiary/aromatic N) is 1. The number of hydrogen-bond donors (Lipinski definition) is 1. The van der Waals surface area contributed by atoms with Crippen molar-refractivity contribution in [2.24, 2.45) is 0 Å². The maximum atomic E-state index is 13.0. The Morgan fingerprint density at radius 2 is 1.20 bits per heavy atom. The van der Waals surface area contributed by atoms with E-state index in [0.717, 1.165) is 11.1 Å². The van der Waals surface area contributed by atoms with Crippen LogP contribution < -0.4 is 0 Å². The number of rotatable bonds is 7. The maximum Gasteiger partial charge on any atom is 0.159 e. The molecule has 0 radical (unpaired) electrons. The van der Waals surface area contributed by atoms with Crippen LogP contribution in [-0.4, -0.2) is 42.9 Å². The molecule has 0 aliphatic carbocycles. The topological polar surface area (TPSA) is 57.6 Å². The van der Waals surface area contributed by atoms with Gasteiger partial charge >= 0.3 is 0 Å². The van der Waals surface area contributed by atoms with Gasteiger partial charge in [0.1, 0.15) is 10.9 Å². The van der Waals surface area contributed by atoms with Crippen molar-refractivity contribution in [3.05, 3.63) is 108 Å². The van der Waals surface area contributed by atoms with Crippen LogP contribution in [0, 0.1) is 0 Å². The molecule has 1 unspecified atom stereocenters. The van der Waals surface area contributed by atoms with Crippen LogP contribution >= 0.6 is 0 Å². The van der Waals surface area contributed by atoms with Crippen LogP contribution in [0.2, 0.25) is 0 Å². The van der Waals surface area contributed by atoms with Gasteiger partial charge in [-0.05, 0) is 16.7 Å². The summed E-state index contributed by atoms with van der Waals surface area (Å²) in [6, 6.07) is 29.4. The molecule has 4 nitrogen and oxygen atoms in total. The Morgan fingerprint density at radius 1 is 0.800 bits per heavy atom. The van der Waals surface area contributed by atoms with Crippen molar-refractivity contribution >= 4 is 9.84 Å². The molecule has 4 rings (SSSR count). The fraction of sp³-hybridized carbons (Fsp3) is 0.280. The summed E-state index contributed by atoms with van der Waals surface area (Å²) in [5.41, 5.74) is 1.58. The van der Waals surface area contributed by atoms with Gasteiger partial charge in [-0.25, -0.2) is 8.42 Å². The van der Waals surface area contributed by atoms with Gasteiger partial charge in [0, 0.05) is 18.8 Å². The summed E-state index contributed by atoms with van der Waals surface area (Å²) in [6.07, 6.45) is 0. The van der Waals surface area contributed by atoms with Crippen molar-refractivity contribution in [2.75, 3.05) is 18.8 Å². The second kappa shape index (κ2) is 8.34. The number of β-amino-alcohol motifs (C(OH)–C–C–N with tert-alkyl or cyclic N) is 1. The zero-order valence-electron chi connectivity index (χ0n) is 17.1. The molecule has 3 aromatic rings. The van der Waals surface area contributed by atoms with Crippen LogP contribution in [-0.2, 0) is 9.84 Å². The number of likely N-dealkylation sites (tertiary alicyclic amines) is 1. The molecule has 0 bridgehead atoms. The third kappa shape index (κ3) is 3.93. The third-order valence-corrected chi connectivity index (χ3v) is 8.14. The van der Waals surface area contributed by atoms with E-state index in [-0.39, 0.29) is 11.8 Å². The number of aliphatic hydroxyl groups is 1. The Kier molecular flexibility index (Phi) is 5.78. The zero-order valence-corrected chi connectivity index (χ0v) is 17.9. The number of sulfone groups is 1. The molecule has 1 N–H and O–H groups in total. The van der Waals surface area contributed by atoms with Crippen molar-refractivity contribution in [3.8, 4) is 0 Å². The smallest absolute Gasteiger partial charge is 0.159 e. The molecule has 30 heavy (non-hydrogen) atoms. The van der Waals surface area contributed by atoms with E-state index >= 15 is 0 Å². The average Bonchev–Trinajstić information content (AvgIpc) is 2.75. The standard InChI is InChI=1S/C25H27NO3S/c1-2-30(28,29)24(22-16-10-5-11-17-22)25(27)18-26(19-25)23(20-12-6-3-7-13-20)21-14-8-4-9-15-21/h3-17,23-24,27H,2,18-19H2,1H3. The normalized spacial score (nSPS) is 17.4. The summed E-state index contributed by atoms with van der Waals surface area (Å²) >= 11 is 0. The van der Waals surface area contributed by atoms with Gasteiger partial charge in [0.15, 0.2) is 9.84 Å². The predicted octanol–water partition coefficient (Wildman–Crippen LogP) is 4.00. The summed E-state index contributed by atoms with van der Waals surface area (Å²) in [6.45, 7) is 2.22. The van der Waals surface area contributed by atoms with Crippen molar-refractivity contribution in [1.29, 1.82) is 0 Å². The molecule has 0 saturated carbocycles. The van der Waals surface area contributed by atoms with Crippen LogP contribution in [0.3, 0.4) is 0 Å². The second-order valence-electron chi connectivity index (χ2n) is 7.97. The van der Waals surface area contributed by atoms with Gasteiger partial charge in [-0.3, -0.25) is 4.90 Å². The molecule has 156 valence electrons. The lowest BCUT2D eigenvalue weighted by Crippen LogP contribution is -2.66. The second-order valence-corrected chi connectivity index (χ2v) is 10.3. The van der Waals surface area contributed by atoms with Crippen molar-refractivity contribution in [1.82, 2.24) is 4.90 Å². The van der Waals surface area contributed by atoms with Crippen LogP contribution in [0.5, 0.6) is 0 Å². The van der Waals surface area contributed by atoms with E-state index in [9.17, 15) is 13.5 Å². The Bertz CT molecular complexity index is 1020. The molecule has 1 aliphatic rings. The lowest BCUT2D eigenvalue weighted by atomic mass is 9.83. The van der Waals surface area contributed by atoms with Crippen molar-refractivity contribution < 1.29 is 13.5 Å². The van der Waals surface area contributed by atoms with Crippen LogP contribution in [0.25, 0.3) is 0 Å². The van der Waals surface area contributed by atoms with E-state index in [2.05, 4.69) is 29.2 Å². The van der Waals surface area contributed by atoms with Crippen LogP contribution in [0.1, 0.15) is 34.9 Å². The summed E-state index contributed by atoms with van der Waals surface area (Å²) in [5, 5.41) is 10.6. The summed E-state index contributed by atoms with van der Waals surface area (Å²) in [7, 11) is -3.49. The highest BCUT2D eigenvalue weighted by Gasteiger charge is 2.54. The van der Waals surface area contributed by atoms with Crippen molar-refractivity contribution in [2.45, 2.75) is 23.8 Å². The third-order valence-electron chi connectivity index (χ3n) is 5.90. The molecule has 3 aromatic carbocycles. The number of hydrogen-bond acceptors (Lipinski definition) is 4. The summed E-state index contributed by atoms with van der Waals surface area (Å²) in [5.74, 6) is -0.00430. The van der Waals surface area contributed by atoms with E-state index in [1.807, 2.05) is 54.6 Å². The van der Waals surface area contributed by atoms with Crippen LogP contribution in [0.4, 0.5) is 0 Å². The van der Waals surface area contributed by atoms with Gasteiger partial charge in [-0.2, -0.15) is 0 Å². The fourth-order valence-corrected chi connectivity index (χ4v) is 6.26. The SMILES string of the molecule is CCS(=O)(=O)C(c1ccccc1)C1(O)CN(C(c2ccccc2)c2ccccc2)C1. The first kappa shape index (κ1) is 20.8. The Labute approximate surface area is 178 Å². The van der Waals surface area contributed by atoms with Gasteiger partial charge in [0.25, 0.3) is 0 Å². The average molecular weight is 422 g/mol. The van der Waals surface area contributed by atoms with E-state index in [0.29, 0.717) is 18.7 Å². The predicted molar refractivity (Wildman–Crippen MR) is 120 cm³/mol. The minimum absolute atomic E-state index is 0.00430. The first-order valence-electron chi connectivity index (χ1n) is 10.3. The Balaban J connectivity index is 1.67. The molecule has 1 atom stereocenters. The summed E-state index contributed by atoms with van der Waals surface area (Å²) < 4.78 is 26.0. The lowest BCUT2D eigenvalue weighted by molar-refractivity contribution is -0.112. The molecule has 1 fully saturated rings. The Morgan fingerprint density at radius 3 is 1.60 bits per heavy atom. The maximum absolute atomic E-state index is 13.0. The van der Waals surface area contributed by atoms with Gasteiger partial charge in [-0.1, -0.05) is 97.9 Å². The molecule has 0 amide bonds. The molecule has 1 saturated heterocycles. The quantitative estimate of drug-likeness (QED) is 0.627. The van der Waals surface area contributed by atoms with Crippen LogP contribution in [0.15, 0.2) is 91.0 Å². The van der Waals surface area contributed by atoms with Gasteiger partial charge < -0.3 is 5.11 Å². The molecular formula is C25H27NO3S. The molecule has 5 heteroatoms. The molecule has 1 aliphatic heterocycles. The highest BCUT2D eigenvalue weighted by atomic mass is 32.2.